The summed E-state index contributed by atoms with van der Waals surface area (Å²) in [4.78, 5) is 37.1. The van der Waals surface area contributed by atoms with Gasteiger partial charge in [-0.1, -0.05) is 18.2 Å². The number of aromatic nitrogens is 2. The van der Waals surface area contributed by atoms with Crippen LogP contribution in [0.15, 0.2) is 46.1 Å². The van der Waals surface area contributed by atoms with Gasteiger partial charge in [0.1, 0.15) is 24.0 Å². The molecule has 0 bridgehead atoms. The molecule has 1 saturated heterocycles. The van der Waals surface area contributed by atoms with Crippen molar-refractivity contribution in [3.8, 4) is 5.75 Å². The van der Waals surface area contributed by atoms with Gasteiger partial charge >= 0.3 is 19.4 Å². The van der Waals surface area contributed by atoms with Gasteiger partial charge in [0.2, 0.25) is 5.82 Å². The van der Waals surface area contributed by atoms with Crippen LogP contribution in [0.25, 0.3) is 0 Å². The van der Waals surface area contributed by atoms with Crippen molar-refractivity contribution >= 4 is 13.7 Å². The molecule has 2 heterocycles. The van der Waals surface area contributed by atoms with E-state index >= 15 is 0 Å². The van der Waals surface area contributed by atoms with Gasteiger partial charge in [-0.05, 0) is 32.9 Å². The topological polar surface area (TPSA) is 158 Å². The summed E-state index contributed by atoms with van der Waals surface area (Å²) in [7, 11) is -4.35. The molecule has 6 atom stereocenters. The lowest BCUT2D eigenvalue weighted by Crippen LogP contribution is -2.38. The molecule has 15 heteroatoms. The van der Waals surface area contributed by atoms with Crippen molar-refractivity contribution in [1.82, 2.24) is 14.6 Å². The van der Waals surface area contributed by atoms with Crippen molar-refractivity contribution < 1.29 is 41.8 Å². The minimum Gasteiger partial charge on any atom is -0.462 e. The number of aliphatic hydroxyl groups excluding tert-OH is 1. The summed E-state index contributed by atoms with van der Waals surface area (Å²) in [5, 5.41) is 12.7. The number of carbonyl (C=O) groups excluding carboxylic acids is 1. The molecule has 0 radical (unpaired) electrons. The van der Waals surface area contributed by atoms with E-state index in [0.29, 0.717) is 10.8 Å². The maximum absolute atomic E-state index is 14.8. The second-order valence-electron chi connectivity index (χ2n) is 8.18. The van der Waals surface area contributed by atoms with Crippen LogP contribution in [0.5, 0.6) is 5.75 Å². The molecule has 0 amide bonds. The highest BCUT2D eigenvalue weighted by atomic mass is 31.2. The summed E-state index contributed by atoms with van der Waals surface area (Å²) in [5.74, 6) is -2.00. The number of aliphatic hydroxyl groups is 1. The lowest BCUT2D eigenvalue weighted by molar-refractivity contribution is -0.149. The second kappa shape index (κ2) is 11.4. The summed E-state index contributed by atoms with van der Waals surface area (Å²) in [6, 6.07) is 6.67. The number of alkyl halides is 1. The van der Waals surface area contributed by atoms with E-state index in [9.17, 15) is 32.8 Å². The van der Waals surface area contributed by atoms with E-state index in [1.165, 1.54) is 19.1 Å². The molecule has 198 valence electrons. The molecule has 0 saturated carbocycles. The van der Waals surface area contributed by atoms with Gasteiger partial charge in [-0.3, -0.25) is 23.7 Å². The summed E-state index contributed by atoms with van der Waals surface area (Å²) >= 11 is 0. The van der Waals surface area contributed by atoms with Gasteiger partial charge in [0.25, 0.3) is 5.56 Å². The lowest BCUT2D eigenvalue weighted by Gasteiger charge is -2.25. The van der Waals surface area contributed by atoms with Crippen LogP contribution >= 0.6 is 7.75 Å². The summed E-state index contributed by atoms with van der Waals surface area (Å²) in [6.07, 6.45) is -7.41. The number of aromatic amines is 1. The first-order valence-electron chi connectivity index (χ1n) is 10.9. The van der Waals surface area contributed by atoms with Gasteiger partial charge in [-0.2, -0.15) is 9.48 Å². The molecule has 1 unspecified atom stereocenters. The molecule has 1 fully saturated rings. The van der Waals surface area contributed by atoms with E-state index in [4.69, 9.17) is 18.5 Å². The molecule has 0 aliphatic carbocycles. The second-order valence-corrected chi connectivity index (χ2v) is 9.87. The van der Waals surface area contributed by atoms with Crippen LogP contribution in [0.3, 0.4) is 0 Å². The van der Waals surface area contributed by atoms with Crippen LogP contribution in [-0.4, -0.2) is 57.8 Å². The number of carbonyl (C=O) groups is 1. The monoisotopic (exact) mass is 533 g/mol. The Morgan fingerprint density at radius 3 is 2.58 bits per heavy atom. The number of halogens is 2. The van der Waals surface area contributed by atoms with Gasteiger partial charge in [-0.15, -0.1) is 0 Å². The van der Waals surface area contributed by atoms with Crippen molar-refractivity contribution in [2.45, 2.75) is 57.5 Å². The molecule has 0 spiro atoms. The molecule has 1 aromatic carbocycles. The number of nitrogens with zero attached hydrogens (tertiary/aromatic N) is 1. The zero-order valence-electron chi connectivity index (χ0n) is 19.5. The zero-order valence-corrected chi connectivity index (χ0v) is 20.4. The molecule has 2 aromatic rings. The van der Waals surface area contributed by atoms with E-state index in [2.05, 4.69) is 5.09 Å². The van der Waals surface area contributed by atoms with Gasteiger partial charge < -0.3 is 19.1 Å². The summed E-state index contributed by atoms with van der Waals surface area (Å²) < 4.78 is 63.5. The van der Waals surface area contributed by atoms with E-state index in [0.717, 1.165) is 0 Å². The van der Waals surface area contributed by atoms with Crippen LogP contribution in [0.2, 0.25) is 0 Å². The fourth-order valence-corrected chi connectivity index (χ4v) is 4.72. The number of hydrogen-bond donors (Lipinski definition) is 3. The maximum Gasteiger partial charge on any atom is 0.459 e. The molecule has 1 aliphatic rings. The number of benzene rings is 1. The van der Waals surface area contributed by atoms with Crippen molar-refractivity contribution in [1.29, 1.82) is 0 Å². The van der Waals surface area contributed by atoms with E-state index in [1.807, 2.05) is 0 Å². The number of hydrogen-bond acceptors (Lipinski definition) is 9. The number of rotatable bonds is 10. The normalized spacial score (nSPS) is 24.3. The van der Waals surface area contributed by atoms with Crippen molar-refractivity contribution in [2.24, 2.45) is 0 Å². The first-order chi connectivity index (χ1) is 16.9. The van der Waals surface area contributed by atoms with Crippen LogP contribution < -0.4 is 20.9 Å². The summed E-state index contributed by atoms with van der Waals surface area (Å²) in [6.45, 7) is 3.90. The van der Waals surface area contributed by atoms with Crippen LogP contribution in [0.1, 0.15) is 27.0 Å². The molecular weight excluding hydrogens is 507 g/mol. The third kappa shape index (κ3) is 6.65. The van der Waals surface area contributed by atoms with E-state index in [-0.39, 0.29) is 5.75 Å². The van der Waals surface area contributed by atoms with Crippen molar-refractivity contribution in [3.05, 3.63) is 63.2 Å². The third-order valence-corrected chi connectivity index (χ3v) is 6.57. The fraction of sp³-hybridized carbons (Fsp3) is 0.476. The Morgan fingerprint density at radius 2 is 1.94 bits per heavy atom. The van der Waals surface area contributed by atoms with Crippen LogP contribution in [-0.2, 0) is 23.4 Å². The number of H-pyrrole nitrogens is 1. The molecular formula is C21H26F2N3O9P. The Kier molecular flexibility index (Phi) is 8.80. The predicted molar refractivity (Wildman–Crippen MR) is 121 cm³/mol. The predicted octanol–water partition coefficient (Wildman–Crippen LogP) is 1.41. The Morgan fingerprint density at radius 1 is 1.28 bits per heavy atom. The number of ether oxygens (including phenoxy) is 2. The van der Waals surface area contributed by atoms with Crippen molar-refractivity contribution in [3.63, 3.8) is 0 Å². The maximum atomic E-state index is 14.8. The Balaban J connectivity index is 1.77. The first-order valence-corrected chi connectivity index (χ1v) is 12.4. The quantitative estimate of drug-likeness (QED) is 0.301. The smallest absolute Gasteiger partial charge is 0.459 e. The largest absolute Gasteiger partial charge is 0.462 e. The molecule has 36 heavy (non-hydrogen) atoms. The zero-order chi connectivity index (χ0) is 26.6. The molecule has 3 N–H and O–H groups in total. The lowest BCUT2D eigenvalue weighted by atomic mass is 10.1. The number of nitrogens with one attached hydrogen (secondary N) is 2. The van der Waals surface area contributed by atoms with Gasteiger partial charge in [0.15, 0.2) is 12.4 Å². The Labute approximate surface area is 203 Å². The van der Waals surface area contributed by atoms with Gasteiger partial charge in [-0.25, -0.2) is 13.8 Å². The average molecular weight is 533 g/mol. The highest BCUT2D eigenvalue weighted by molar-refractivity contribution is 7.52. The highest BCUT2D eigenvalue weighted by Gasteiger charge is 2.47. The SMILES string of the molecule is CC(C)OC(=O)[C@@H](C)NP(=O)(OC[C@H]1O[C@@H](n2cc(F)c(=O)[nH]c2=O)[C@@H](F)[C@@H]1O)Oc1ccccc1. The van der Waals surface area contributed by atoms with Crippen LogP contribution in [0.4, 0.5) is 8.78 Å². The minimum absolute atomic E-state index is 0.113. The molecule has 3 rings (SSSR count). The minimum atomic E-state index is -4.35. The molecule has 1 aliphatic heterocycles. The van der Waals surface area contributed by atoms with Crippen molar-refractivity contribution in [2.75, 3.05) is 6.61 Å². The number of para-hydroxylation sites is 1. The standard InChI is InChI=1S/C21H26F2N3O9P/c1-11(2)33-20(29)12(3)25-36(31,35-13-7-5-4-6-8-13)32-10-15-17(27)16(23)19(34-15)26-9-14(22)18(28)24-21(26)30/h4-9,11-12,15-17,19,27H,10H2,1-3H3,(H,25,31)(H,24,28,30)/t12-,15-,16+,17-,19-,36?/m1/s1. The van der Waals surface area contributed by atoms with E-state index < -0.39 is 74.1 Å². The van der Waals surface area contributed by atoms with E-state index in [1.54, 1.807) is 37.0 Å². The average Bonchev–Trinajstić information content (AvgIpc) is 3.08. The number of esters is 1. The molecule has 12 nitrogen and oxygen atoms in total. The Bertz CT molecular complexity index is 1220. The molecule has 1 aromatic heterocycles. The first kappa shape index (κ1) is 27.7. The van der Waals surface area contributed by atoms with Gasteiger partial charge in [0, 0.05) is 0 Å². The highest BCUT2D eigenvalue weighted by Crippen LogP contribution is 2.46. The third-order valence-electron chi connectivity index (χ3n) is 4.93. The Hall–Kier alpha value is -2.90. The fourth-order valence-electron chi connectivity index (χ4n) is 3.22. The van der Waals surface area contributed by atoms with Gasteiger partial charge in [0.05, 0.1) is 18.9 Å². The van der Waals surface area contributed by atoms with Crippen LogP contribution in [0, 0.1) is 5.82 Å². The summed E-state index contributed by atoms with van der Waals surface area (Å²) in [5.41, 5.74) is -2.47.